The Hall–Kier alpha value is -4.16. The third-order valence-corrected chi connectivity index (χ3v) is 10.1. The standard InChI is InChI=1S/C27H25F5N6O5S2/c1-2-26(28,29)17-5-3-16(4-6-17)13-33-23(39)20-14-37(25-36-22-21(44-25)24(40)35-15-34-22)11-12-38(20)45(41,42)19-9-7-18(8-10-19)43-27(30,31)32/h3-10,15,20H,2,11-14H2,1H3,(H,33,39)(H,34,35,40)/t20-/m1/s1. The molecule has 0 saturated carbocycles. The molecule has 0 radical (unpaired) electrons. The number of nitrogens with zero attached hydrogens (tertiary/aromatic N) is 4. The highest BCUT2D eigenvalue weighted by atomic mass is 32.2. The summed E-state index contributed by atoms with van der Waals surface area (Å²) in [6, 6.07) is 7.59. The summed E-state index contributed by atoms with van der Waals surface area (Å²) in [5.74, 6) is -4.36. The molecule has 2 aromatic heterocycles. The van der Waals surface area contributed by atoms with Crippen LogP contribution in [-0.2, 0) is 27.3 Å². The van der Waals surface area contributed by atoms with Crippen LogP contribution in [0.4, 0.5) is 27.1 Å². The second-order valence-corrected chi connectivity index (χ2v) is 12.8. The van der Waals surface area contributed by atoms with E-state index in [4.69, 9.17) is 0 Å². The van der Waals surface area contributed by atoms with Crippen molar-refractivity contribution in [2.75, 3.05) is 24.5 Å². The summed E-state index contributed by atoms with van der Waals surface area (Å²) < 4.78 is 98.2. The number of thiazole rings is 1. The highest BCUT2D eigenvalue weighted by Gasteiger charge is 2.41. The molecule has 3 heterocycles. The van der Waals surface area contributed by atoms with Crippen molar-refractivity contribution in [2.45, 2.75) is 43.1 Å². The van der Waals surface area contributed by atoms with Crippen LogP contribution in [0.3, 0.4) is 0 Å². The van der Waals surface area contributed by atoms with Gasteiger partial charge in [0.2, 0.25) is 15.9 Å². The number of alkyl halides is 5. The number of hydrogen-bond donors (Lipinski definition) is 2. The minimum atomic E-state index is -4.97. The molecule has 1 amide bonds. The molecule has 1 atom stereocenters. The van der Waals surface area contributed by atoms with Gasteiger partial charge in [-0.15, -0.1) is 13.2 Å². The number of piperazine rings is 1. The number of carbonyl (C=O) groups is 1. The first-order chi connectivity index (χ1) is 21.2. The number of fused-ring (bicyclic) bond motifs is 1. The average Bonchev–Trinajstić information content (AvgIpc) is 3.45. The number of ether oxygens (including phenoxy) is 1. The molecule has 2 aromatic carbocycles. The topological polar surface area (TPSA) is 138 Å². The zero-order valence-electron chi connectivity index (χ0n) is 23.3. The number of nitrogens with one attached hydrogen (secondary N) is 2. The van der Waals surface area contributed by atoms with Crippen molar-refractivity contribution in [1.82, 2.24) is 24.6 Å². The molecule has 1 aliphatic heterocycles. The van der Waals surface area contributed by atoms with Crippen LogP contribution >= 0.6 is 11.3 Å². The lowest BCUT2D eigenvalue weighted by Gasteiger charge is -2.39. The predicted octanol–water partition coefficient (Wildman–Crippen LogP) is 3.98. The monoisotopic (exact) mass is 672 g/mol. The Bertz CT molecular complexity index is 1850. The minimum absolute atomic E-state index is 0.0586. The van der Waals surface area contributed by atoms with Crippen LogP contribution in [0.25, 0.3) is 10.3 Å². The first kappa shape index (κ1) is 32.2. The molecule has 1 aliphatic rings. The van der Waals surface area contributed by atoms with Gasteiger partial charge in [-0.1, -0.05) is 42.5 Å². The number of benzene rings is 2. The maximum Gasteiger partial charge on any atom is 0.573 e. The zero-order chi connectivity index (χ0) is 32.6. The molecule has 0 bridgehead atoms. The summed E-state index contributed by atoms with van der Waals surface area (Å²) in [4.78, 5) is 37.8. The van der Waals surface area contributed by atoms with Gasteiger partial charge in [0.05, 0.1) is 11.2 Å². The SMILES string of the molecule is CCC(F)(F)c1ccc(CNC(=O)[C@H]2CN(c3nc4nc[nH]c(=O)c4s3)CCN2S(=O)(=O)c2ccc(OC(F)(F)F)cc2)cc1. The third-order valence-electron chi connectivity index (χ3n) is 7.04. The molecular formula is C27H25F5N6O5S2. The van der Waals surface area contributed by atoms with Crippen LogP contribution < -0.4 is 20.5 Å². The molecule has 45 heavy (non-hydrogen) atoms. The quantitative estimate of drug-likeness (QED) is 0.255. The number of amides is 1. The van der Waals surface area contributed by atoms with Crippen molar-refractivity contribution in [3.63, 3.8) is 0 Å². The molecule has 18 heteroatoms. The van der Waals surface area contributed by atoms with Gasteiger partial charge >= 0.3 is 6.36 Å². The van der Waals surface area contributed by atoms with Crippen LogP contribution in [0.2, 0.25) is 0 Å². The smallest absolute Gasteiger partial charge is 0.406 e. The van der Waals surface area contributed by atoms with E-state index < -0.39 is 45.6 Å². The molecule has 5 rings (SSSR count). The van der Waals surface area contributed by atoms with Gasteiger partial charge in [0.1, 0.15) is 16.5 Å². The fraction of sp³-hybridized carbons (Fsp3) is 0.333. The van der Waals surface area contributed by atoms with Crippen molar-refractivity contribution in [3.05, 3.63) is 76.3 Å². The number of aromatic amines is 1. The molecule has 1 saturated heterocycles. The summed E-state index contributed by atoms with van der Waals surface area (Å²) in [5.41, 5.74) is 0.0573. The van der Waals surface area contributed by atoms with Crippen LogP contribution in [-0.4, -0.2) is 65.6 Å². The fourth-order valence-electron chi connectivity index (χ4n) is 4.66. The number of aromatic nitrogens is 3. The fourth-order valence-corrected chi connectivity index (χ4v) is 7.18. The average molecular weight is 673 g/mol. The summed E-state index contributed by atoms with van der Waals surface area (Å²) in [6.45, 7) is 0.893. The van der Waals surface area contributed by atoms with Crippen LogP contribution in [0.5, 0.6) is 5.75 Å². The lowest BCUT2D eigenvalue weighted by atomic mass is 10.0. The molecule has 2 N–H and O–H groups in total. The highest BCUT2D eigenvalue weighted by molar-refractivity contribution is 7.89. The van der Waals surface area contributed by atoms with E-state index in [-0.39, 0.29) is 53.4 Å². The van der Waals surface area contributed by atoms with E-state index in [0.717, 1.165) is 39.9 Å². The molecule has 0 spiro atoms. The Labute approximate surface area is 256 Å². The van der Waals surface area contributed by atoms with Crippen molar-refractivity contribution in [2.24, 2.45) is 0 Å². The van der Waals surface area contributed by atoms with Crippen LogP contribution in [0.1, 0.15) is 24.5 Å². The number of rotatable bonds is 9. The van der Waals surface area contributed by atoms with E-state index in [1.165, 1.54) is 37.5 Å². The molecule has 240 valence electrons. The van der Waals surface area contributed by atoms with E-state index in [9.17, 15) is 40.0 Å². The van der Waals surface area contributed by atoms with E-state index in [1.54, 1.807) is 4.90 Å². The molecular weight excluding hydrogens is 647 g/mol. The Morgan fingerprint density at radius 3 is 2.40 bits per heavy atom. The van der Waals surface area contributed by atoms with Gasteiger partial charge < -0.3 is 19.9 Å². The minimum Gasteiger partial charge on any atom is -0.406 e. The van der Waals surface area contributed by atoms with Gasteiger partial charge in [-0.3, -0.25) is 9.59 Å². The van der Waals surface area contributed by atoms with Gasteiger partial charge in [0.15, 0.2) is 10.8 Å². The second-order valence-electron chi connectivity index (χ2n) is 9.95. The number of H-pyrrole nitrogens is 1. The van der Waals surface area contributed by atoms with Gasteiger partial charge in [0, 0.05) is 38.2 Å². The Balaban J connectivity index is 1.40. The largest absolute Gasteiger partial charge is 0.573 e. The number of halogens is 5. The van der Waals surface area contributed by atoms with Gasteiger partial charge in [0.25, 0.3) is 11.5 Å². The van der Waals surface area contributed by atoms with Crippen LogP contribution in [0, 0.1) is 0 Å². The van der Waals surface area contributed by atoms with E-state index in [0.29, 0.717) is 10.7 Å². The van der Waals surface area contributed by atoms with Crippen molar-refractivity contribution in [3.8, 4) is 5.75 Å². The summed E-state index contributed by atoms with van der Waals surface area (Å²) in [6.07, 6.45) is -4.17. The van der Waals surface area contributed by atoms with Gasteiger partial charge in [-0.2, -0.15) is 9.29 Å². The Morgan fingerprint density at radius 2 is 1.78 bits per heavy atom. The highest BCUT2D eigenvalue weighted by Crippen LogP contribution is 2.32. The Kier molecular flexibility index (Phi) is 8.83. The second kappa shape index (κ2) is 12.3. The van der Waals surface area contributed by atoms with Crippen molar-refractivity contribution < 1.29 is 39.9 Å². The third kappa shape index (κ3) is 7.07. The van der Waals surface area contributed by atoms with E-state index in [2.05, 4.69) is 25.0 Å². The van der Waals surface area contributed by atoms with Gasteiger partial charge in [-0.05, 0) is 29.8 Å². The molecule has 11 nitrogen and oxygen atoms in total. The number of carbonyl (C=O) groups excluding carboxylic acids is 1. The van der Waals surface area contributed by atoms with Gasteiger partial charge in [-0.25, -0.2) is 22.2 Å². The number of hydrogen-bond acceptors (Lipinski definition) is 9. The molecule has 0 aliphatic carbocycles. The maximum atomic E-state index is 14.0. The summed E-state index contributed by atoms with van der Waals surface area (Å²) in [5, 5.41) is 2.97. The van der Waals surface area contributed by atoms with Crippen molar-refractivity contribution in [1.29, 1.82) is 0 Å². The Morgan fingerprint density at radius 1 is 1.09 bits per heavy atom. The lowest BCUT2D eigenvalue weighted by Crippen LogP contribution is -2.60. The van der Waals surface area contributed by atoms with Crippen LogP contribution in [0.15, 0.2) is 64.5 Å². The summed E-state index contributed by atoms with van der Waals surface area (Å²) in [7, 11) is -4.42. The predicted molar refractivity (Wildman–Crippen MR) is 154 cm³/mol. The molecule has 1 fully saturated rings. The lowest BCUT2D eigenvalue weighted by molar-refractivity contribution is -0.274. The van der Waals surface area contributed by atoms with E-state index >= 15 is 0 Å². The molecule has 0 unspecified atom stereocenters. The maximum absolute atomic E-state index is 14.0. The normalized spacial score (nSPS) is 16.6. The zero-order valence-corrected chi connectivity index (χ0v) is 25.0. The number of anilines is 1. The molecule has 4 aromatic rings. The van der Waals surface area contributed by atoms with E-state index in [1.807, 2.05) is 0 Å². The first-order valence-electron chi connectivity index (χ1n) is 13.4. The summed E-state index contributed by atoms with van der Waals surface area (Å²) >= 11 is 1.01. The van der Waals surface area contributed by atoms with Crippen molar-refractivity contribution >= 4 is 42.7 Å². The first-order valence-corrected chi connectivity index (χ1v) is 15.7. The number of sulfonamides is 1.